The van der Waals surface area contributed by atoms with Gasteiger partial charge in [0.05, 0.1) is 0 Å². The molecule has 0 saturated carbocycles. The van der Waals surface area contributed by atoms with Gasteiger partial charge in [0.1, 0.15) is 0 Å². The molecule has 0 fully saturated rings. The van der Waals surface area contributed by atoms with Crippen LogP contribution < -0.4 is 5.73 Å². The maximum Gasteiger partial charge on any atom is 0.159 e. The highest BCUT2D eigenvalue weighted by molar-refractivity contribution is 5.21. The maximum atomic E-state index is 12.9. The van der Waals surface area contributed by atoms with E-state index in [2.05, 4.69) is 20.8 Å². The van der Waals surface area contributed by atoms with E-state index in [0.717, 1.165) is 12.5 Å². The molecule has 84 valence electrons. The van der Waals surface area contributed by atoms with Gasteiger partial charge in [0, 0.05) is 6.04 Å². The van der Waals surface area contributed by atoms with E-state index in [1.165, 1.54) is 12.1 Å². The van der Waals surface area contributed by atoms with Crippen LogP contribution in [0.25, 0.3) is 0 Å². The Morgan fingerprint density at radius 1 is 1.20 bits per heavy atom. The van der Waals surface area contributed by atoms with Crippen molar-refractivity contribution in [2.24, 2.45) is 11.1 Å². The van der Waals surface area contributed by atoms with E-state index in [0.29, 0.717) is 5.56 Å². The number of hydrogen-bond donors (Lipinski definition) is 1. The molecular formula is C12H17F2N. The van der Waals surface area contributed by atoms with Crippen LogP contribution in [0.5, 0.6) is 0 Å². The summed E-state index contributed by atoms with van der Waals surface area (Å²) >= 11 is 0. The summed E-state index contributed by atoms with van der Waals surface area (Å²) in [7, 11) is 0. The van der Waals surface area contributed by atoms with Crippen molar-refractivity contribution in [2.45, 2.75) is 33.2 Å². The molecule has 0 heterocycles. The molecule has 1 aromatic carbocycles. The molecule has 1 rings (SSSR count). The Labute approximate surface area is 89.3 Å². The number of benzene rings is 1. The highest BCUT2D eigenvalue weighted by Gasteiger charge is 2.17. The number of hydrogen-bond acceptors (Lipinski definition) is 1. The van der Waals surface area contributed by atoms with Gasteiger partial charge in [0.15, 0.2) is 11.6 Å². The Kier molecular flexibility index (Phi) is 3.45. The zero-order valence-corrected chi connectivity index (χ0v) is 9.35. The van der Waals surface area contributed by atoms with Gasteiger partial charge in [-0.3, -0.25) is 0 Å². The Morgan fingerprint density at radius 3 is 2.27 bits per heavy atom. The van der Waals surface area contributed by atoms with E-state index < -0.39 is 11.6 Å². The summed E-state index contributed by atoms with van der Waals surface area (Å²) in [6.45, 7) is 6.19. The lowest BCUT2D eigenvalue weighted by atomic mass is 9.86. The number of nitrogens with two attached hydrogens (primary N) is 1. The molecule has 0 amide bonds. The molecule has 0 bridgehead atoms. The number of rotatable bonds is 2. The summed E-state index contributed by atoms with van der Waals surface area (Å²) in [6, 6.07) is 3.58. The lowest BCUT2D eigenvalue weighted by Crippen LogP contribution is -2.18. The Balaban J connectivity index is 2.83. The molecule has 3 heteroatoms. The fraction of sp³-hybridized carbons (Fsp3) is 0.500. The van der Waals surface area contributed by atoms with Gasteiger partial charge in [-0.15, -0.1) is 0 Å². The molecule has 2 N–H and O–H groups in total. The first kappa shape index (κ1) is 12.1. The van der Waals surface area contributed by atoms with Crippen molar-refractivity contribution in [2.75, 3.05) is 0 Å². The topological polar surface area (TPSA) is 26.0 Å². The number of halogens is 2. The van der Waals surface area contributed by atoms with Gasteiger partial charge in [-0.2, -0.15) is 0 Å². The van der Waals surface area contributed by atoms with E-state index in [9.17, 15) is 8.78 Å². The van der Waals surface area contributed by atoms with E-state index in [4.69, 9.17) is 5.73 Å². The summed E-state index contributed by atoms with van der Waals surface area (Å²) in [4.78, 5) is 0. The van der Waals surface area contributed by atoms with Crippen molar-refractivity contribution in [1.29, 1.82) is 0 Å². The molecule has 15 heavy (non-hydrogen) atoms. The van der Waals surface area contributed by atoms with Crippen molar-refractivity contribution in [1.82, 2.24) is 0 Å². The molecule has 0 aromatic heterocycles. The average molecular weight is 213 g/mol. The van der Waals surface area contributed by atoms with E-state index in [1.54, 1.807) is 0 Å². The minimum Gasteiger partial charge on any atom is -0.324 e. The standard InChI is InChI=1S/C12H17F2N/c1-12(2,3)7-11(15)8-4-5-9(13)10(14)6-8/h4-6,11H,7,15H2,1-3H3. The quantitative estimate of drug-likeness (QED) is 0.800. The maximum absolute atomic E-state index is 12.9. The highest BCUT2D eigenvalue weighted by Crippen LogP contribution is 2.28. The lowest BCUT2D eigenvalue weighted by Gasteiger charge is -2.23. The van der Waals surface area contributed by atoms with Crippen LogP contribution in [0.3, 0.4) is 0 Å². The zero-order valence-electron chi connectivity index (χ0n) is 9.35. The van der Waals surface area contributed by atoms with Crippen LogP contribution in [0.15, 0.2) is 18.2 Å². The molecule has 0 spiro atoms. The van der Waals surface area contributed by atoms with Gasteiger partial charge in [0.2, 0.25) is 0 Å². The first-order chi connectivity index (χ1) is 6.79. The van der Waals surface area contributed by atoms with Gasteiger partial charge in [0.25, 0.3) is 0 Å². The van der Waals surface area contributed by atoms with Crippen LogP contribution in [-0.4, -0.2) is 0 Å². The van der Waals surface area contributed by atoms with E-state index >= 15 is 0 Å². The second-order valence-corrected chi connectivity index (χ2v) is 5.04. The normalized spacial score (nSPS) is 14.0. The van der Waals surface area contributed by atoms with Crippen molar-refractivity contribution in [3.63, 3.8) is 0 Å². The predicted octanol–water partition coefficient (Wildman–Crippen LogP) is 3.40. The van der Waals surface area contributed by atoms with Crippen molar-refractivity contribution >= 4 is 0 Å². The minimum atomic E-state index is -0.836. The summed E-state index contributed by atoms with van der Waals surface area (Å²) < 4.78 is 25.6. The van der Waals surface area contributed by atoms with Crippen LogP contribution in [0.2, 0.25) is 0 Å². The molecule has 0 aliphatic heterocycles. The van der Waals surface area contributed by atoms with Gasteiger partial charge in [-0.25, -0.2) is 8.78 Å². The van der Waals surface area contributed by atoms with E-state index in [-0.39, 0.29) is 11.5 Å². The largest absolute Gasteiger partial charge is 0.324 e. The monoisotopic (exact) mass is 213 g/mol. The third-order valence-corrected chi connectivity index (χ3v) is 2.20. The van der Waals surface area contributed by atoms with Crippen LogP contribution in [0.4, 0.5) is 8.78 Å². The molecule has 0 radical (unpaired) electrons. The van der Waals surface area contributed by atoms with Gasteiger partial charge in [-0.1, -0.05) is 26.8 Å². The van der Waals surface area contributed by atoms with E-state index in [1.807, 2.05) is 0 Å². The Hall–Kier alpha value is -0.960. The third kappa shape index (κ3) is 3.59. The lowest BCUT2D eigenvalue weighted by molar-refractivity contribution is 0.342. The van der Waals surface area contributed by atoms with Crippen LogP contribution in [0.1, 0.15) is 38.8 Å². The Bertz CT molecular complexity index is 342. The zero-order chi connectivity index (χ0) is 11.6. The van der Waals surface area contributed by atoms with Gasteiger partial charge in [-0.05, 0) is 29.5 Å². The molecule has 0 aliphatic rings. The molecular weight excluding hydrogens is 196 g/mol. The summed E-state index contributed by atoms with van der Waals surface area (Å²) in [5.41, 5.74) is 6.63. The second kappa shape index (κ2) is 4.27. The SMILES string of the molecule is CC(C)(C)CC(N)c1ccc(F)c(F)c1. The highest BCUT2D eigenvalue weighted by atomic mass is 19.2. The predicted molar refractivity (Wildman–Crippen MR) is 57.4 cm³/mol. The van der Waals surface area contributed by atoms with Gasteiger partial charge < -0.3 is 5.73 Å². The van der Waals surface area contributed by atoms with Crippen molar-refractivity contribution in [3.05, 3.63) is 35.4 Å². The minimum absolute atomic E-state index is 0.0737. The molecule has 0 saturated heterocycles. The molecule has 1 nitrogen and oxygen atoms in total. The smallest absolute Gasteiger partial charge is 0.159 e. The summed E-state index contributed by atoms with van der Waals surface area (Å²) in [6.07, 6.45) is 0.734. The molecule has 0 aliphatic carbocycles. The summed E-state index contributed by atoms with van der Waals surface area (Å²) in [5.74, 6) is -1.67. The first-order valence-corrected chi connectivity index (χ1v) is 5.00. The van der Waals surface area contributed by atoms with Gasteiger partial charge >= 0.3 is 0 Å². The van der Waals surface area contributed by atoms with Crippen LogP contribution >= 0.6 is 0 Å². The molecule has 1 atom stereocenters. The third-order valence-electron chi connectivity index (χ3n) is 2.20. The Morgan fingerprint density at radius 2 is 1.80 bits per heavy atom. The first-order valence-electron chi connectivity index (χ1n) is 5.00. The van der Waals surface area contributed by atoms with Crippen molar-refractivity contribution in [3.8, 4) is 0 Å². The molecule has 1 aromatic rings. The van der Waals surface area contributed by atoms with Crippen LogP contribution in [0, 0.1) is 17.0 Å². The van der Waals surface area contributed by atoms with Crippen LogP contribution in [-0.2, 0) is 0 Å². The fourth-order valence-electron chi connectivity index (χ4n) is 1.52. The molecule has 1 unspecified atom stereocenters. The summed E-state index contributed by atoms with van der Waals surface area (Å²) in [5, 5.41) is 0. The average Bonchev–Trinajstić information content (AvgIpc) is 2.06. The van der Waals surface area contributed by atoms with Crippen molar-refractivity contribution < 1.29 is 8.78 Å². The fourth-order valence-corrected chi connectivity index (χ4v) is 1.52. The second-order valence-electron chi connectivity index (χ2n) is 5.04.